The standard InChI is InChI=1S/C15H12ClN3OS/c16-9-4-1-3-8(7-9)14-18-15(20-19-14)12-10-5-2-6-11(10)21-13(12)17/h1,3-4,7H,2,5-6,17H2. The van der Waals surface area contributed by atoms with E-state index in [1.54, 1.807) is 11.3 Å². The van der Waals surface area contributed by atoms with Crippen molar-refractivity contribution in [2.24, 2.45) is 0 Å². The molecular formula is C15H12ClN3OS. The van der Waals surface area contributed by atoms with E-state index in [1.807, 2.05) is 24.3 Å². The summed E-state index contributed by atoms with van der Waals surface area (Å²) in [5.41, 5.74) is 9.16. The van der Waals surface area contributed by atoms with E-state index in [9.17, 15) is 0 Å². The molecule has 0 saturated carbocycles. The first-order valence-electron chi connectivity index (χ1n) is 6.72. The second kappa shape index (κ2) is 4.86. The lowest BCUT2D eigenvalue weighted by Crippen LogP contribution is -1.88. The number of fused-ring (bicyclic) bond motifs is 1. The van der Waals surface area contributed by atoms with Crippen LogP contribution in [0.25, 0.3) is 22.8 Å². The van der Waals surface area contributed by atoms with Gasteiger partial charge in [-0.15, -0.1) is 11.3 Å². The second-order valence-electron chi connectivity index (χ2n) is 5.03. The molecule has 0 spiro atoms. The van der Waals surface area contributed by atoms with Crippen LogP contribution in [0.5, 0.6) is 0 Å². The molecule has 0 amide bonds. The van der Waals surface area contributed by atoms with Crippen LogP contribution in [0.4, 0.5) is 5.00 Å². The average Bonchev–Trinajstić information content (AvgIpc) is 3.14. The van der Waals surface area contributed by atoms with E-state index in [4.69, 9.17) is 21.9 Å². The minimum atomic E-state index is 0.502. The lowest BCUT2D eigenvalue weighted by molar-refractivity contribution is 0.432. The van der Waals surface area contributed by atoms with Crippen molar-refractivity contribution in [2.45, 2.75) is 19.3 Å². The van der Waals surface area contributed by atoms with E-state index < -0.39 is 0 Å². The van der Waals surface area contributed by atoms with Gasteiger partial charge in [-0.05, 0) is 37.0 Å². The van der Waals surface area contributed by atoms with Gasteiger partial charge >= 0.3 is 0 Å². The van der Waals surface area contributed by atoms with Gasteiger partial charge in [0.1, 0.15) is 0 Å². The third-order valence-corrected chi connectivity index (χ3v) is 5.03. The first kappa shape index (κ1) is 12.9. The van der Waals surface area contributed by atoms with E-state index in [0.29, 0.717) is 16.7 Å². The van der Waals surface area contributed by atoms with Crippen molar-refractivity contribution in [3.8, 4) is 22.8 Å². The van der Waals surface area contributed by atoms with Crippen molar-refractivity contribution in [1.82, 2.24) is 10.1 Å². The number of benzene rings is 1. The molecule has 21 heavy (non-hydrogen) atoms. The van der Waals surface area contributed by atoms with E-state index in [1.165, 1.54) is 16.9 Å². The number of hydrogen-bond donors (Lipinski definition) is 1. The van der Waals surface area contributed by atoms with Gasteiger partial charge in [0.2, 0.25) is 5.82 Å². The molecule has 0 fully saturated rings. The molecule has 6 heteroatoms. The Morgan fingerprint density at radius 3 is 3.05 bits per heavy atom. The minimum Gasteiger partial charge on any atom is -0.390 e. The second-order valence-corrected chi connectivity index (χ2v) is 6.60. The topological polar surface area (TPSA) is 64.9 Å². The van der Waals surface area contributed by atoms with Gasteiger partial charge in [-0.3, -0.25) is 0 Å². The molecule has 1 aromatic carbocycles. The molecule has 3 aromatic rings. The highest BCUT2D eigenvalue weighted by Gasteiger charge is 2.25. The van der Waals surface area contributed by atoms with E-state index >= 15 is 0 Å². The SMILES string of the molecule is Nc1sc2c(c1-c1nc(-c3cccc(Cl)c3)no1)CCC2. The molecule has 0 aliphatic heterocycles. The molecule has 0 atom stereocenters. The quantitative estimate of drug-likeness (QED) is 0.769. The first-order chi connectivity index (χ1) is 10.2. The van der Waals surface area contributed by atoms with Crippen LogP contribution in [0.2, 0.25) is 5.02 Å². The van der Waals surface area contributed by atoms with Crippen LogP contribution in [0.15, 0.2) is 28.8 Å². The number of nitrogens with two attached hydrogens (primary N) is 1. The predicted molar refractivity (Wildman–Crippen MR) is 84.5 cm³/mol. The summed E-state index contributed by atoms with van der Waals surface area (Å²) >= 11 is 7.63. The normalized spacial score (nSPS) is 13.6. The van der Waals surface area contributed by atoms with E-state index in [-0.39, 0.29) is 0 Å². The molecule has 106 valence electrons. The summed E-state index contributed by atoms with van der Waals surface area (Å²) in [4.78, 5) is 5.84. The molecule has 4 nitrogen and oxygen atoms in total. The van der Waals surface area contributed by atoms with Crippen LogP contribution < -0.4 is 5.73 Å². The van der Waals surface area contributed by atoms with Crippen molar-refractivity contribution < 1.29 is 4.52 Å². The van der Waals surface area contributed by atoms with Crippen LogP contribution in [0.1, 0.15) is 16.9 Å². The zero-order valence-corrected chi connectivity index (χ0v) is 12.7. The van der Waals surface area contributed by atoms with Crippen LogP contribution in [0.3, 0.4) is 0 Å². The number of nitrogens with zero attached hydrogens (tertiary/aromatic N) is 2. The molecule has 0 saturated heterocycles. The number of nitrogen functional groups attached to an aromatic ring is 1. The third kappa shape index (κ3) is 2.13. The number of anilines is 1. The fourth-order valence-corrected chi connectivity index (χ4v) is 4.07. The lowest BCUT2D eigenvalue weighted by atomic mass is 10.1. The fourth-order valence-electron chi connectivity index (χ4n) is 2.73. The van der Waals surface area contributed by atoms with Gasteiger partial charge < -0.3 is 10.3 Å². The van der Waals surface area contributed by atoms with Crippen LogP contribution in [-0.2, 0) is 12.8 Å². The fraction of sp³-hybridized carbons (Fsp3) is 0.200. The predicted octanol–water partition coefficient (Wildman–Crippen LogP) is 4.19. The first-order valence-corrected chi connectivity index (χ1v) is 7.92. The van der Waals surface area contributed by atoms with Gasteiger partial charge in [-0.1, -0.05) is 28.9 Å². The largest absolute Gasteiger partial charge is 0.390 e. The molecule has 2 N–H and O–H groups in total. The van der Waals surface area contributed by atoms with Gasteiger partial charge in [-0.2, -0.15) is 4.98 Å². The van der Waals surface area contributed by atoms with Gasteiger partial charge in [0.05, 0.1) is 10.6 Å². The molecule has 1 aliphatic rings. The van der Waals surface area contributed by atoms with Crippen molar-refractivity contribution >= 4 is 27.9 Å². The number of halogens is 1. The monoisotopic (exact) mass is 317 g/mol. The molecule has 0 bridgehead atoms. The highest BCUT2D eigenvalue weighted by Crippen LogP contribution is 2.43. The van der Waals surface area contributed by atoms with E-state index in [0.717, 1.165) is 29.0 Å². The molecule has 4 rings (SSSR count). The Balaban J connectivity index is 1.79. The number of aromatic nitrogens is 2. The number of thiophene rings is 1. The molecule has 0 radical (unpaired) electrons. The highest BCUT2D eigenvalue weighted by molar-refractivity contribution is 7.16. The summed E-state index contributed by atoms with van der Waals surface area (Å²) < 4.78 is 5.43. The van der Waals surface area contributed by atoms with Crippen LogP contribution >= 0.6 is 22.9 Å². The molecule has 2 heterocycles. The minimum absolute atomic E-state index is 0.502. The van der Waals surface area contributed by atoms with Gasteiger partial charge in [0.15, 0.2) is 0 Å². The highest BCUT2D eigenvalue weighted by atomic mass is 35.5. The Morgan fingerprint density at radius 1 is 1.29 bits per heavy atom. The van der Waals surface area contributed by atoms with Crippen molar-refractivity contribution in [2.75, 3.05) is 5.73 Å². The Kier molecular flexibility index (Phi) is 2.97. The van der Waals surface area contributed by atoms with E-state index in [2.05, 4.69) is 10.1 Å². The maximum atomic E-state index is 6.13. The Hall–Kier alpha value is -1.85. The van der Waals surface area contributed by atoms with Gasteiger partial charge in [-0.25, -0.2) is 0 Å². The summed E-state index contributed by atoms with van der Waals surface area (Å²) in [6.45, 7) is 0. The molecule has 0 unspecified atom stereocenters. The number of rotatable bonds is 2. The number of aryl methyl sites for hydroxylation is 1. The molecular weight excluding hydrogens is 306 g/mol. The van der Waals surface area contributed by atoms with Crippen molar-refractivity contribution in [1.29, 1.82) is 0 Å². The average molecular weight is 318 g/mol. The molecule has 2 aromatic heterocycles. The smallest absolute Gasteiger partial charge is 0.261 e. The maximum Gasteiger partial charge on any atom is 0.261 e. The van der Waals surface area contributed by atoms with Crippen molar-refractivity contribution in [3.63, 3.8) is 0 Å². The number of hydrogen-bond acceptors (Lipinski definition) is 5. The van der Waals surface area contributed by atoms with Gasteiger partial charge in [0.25, 0.3) is 5.89 Å². The maximum absolute atomic E-state index is 6.13. The van der Waals surface area contributed by atoms with Crippen molar-refractivity contribution in [3.05, 3.63) is 39.7 Å². The Bertz CT molecular complexity index is 824. The third-order valence-electron chi connectivity index (χ3n) is 3.67. The summed E-state index contributed by atoms with van der Waals surface area (Å²) in [6.07, 6.45) is 3.30. The lowest BCUT2D eigenvalue weighted by Gasteiger charge is -1.96. The van der Waals surface area contributed by atoms with Gasteiger partial charge in [0, 0.05) is 15.5 Å². The summed E-state index contributed by atoms with van der Waals surface area (Å²) in [5.74, 6) is 1.03. The summed E-state index contributed by atoms with van der Waals surface area (Å²) in [7, 11) is 0. The summed E-state index contributed by atoms with van der Waals surface area (Å²) in [6, 6.07) is 7.40. The Labute approximate surface area is 130 Å². The van der Waals surface area contributed by atoms with Crippen LogP contribution in [-0.4, -0.2) is 10.1 Å². The zero-order chi connectivity index (χ0) is 14.4. The molecule has 1 aliphatic carbocycles. The summed E-state index contributed by atoms with van der Waals surface area (Å²) in [5, 5.41) is 5.47. The Morgan fingerprint density at radius 2 is 2.19 bits per heavy atom. The van der Waals surface area contributed by atoms with Crippen LogP contribution in [0, 0.1) is 0 Å². The zero-order valence-electron chi connectivity index (χ0n) is 11.1.